The molecular weight excluding hydrogens is 419 g/mol. The Kier molecular flexibility index (Phi) is 5.89. The van der Waals surface area contributed by atoms with E-state index in [1.165, 1.54) is 4.90 Å². The van der Waals surface area contributed by atoms with Crippen molar-refractivity contribution in [3.8, 4) is 0 Å². The van der Waals surface area contributed by atoms with Crippen LogP contribution in [0.4, 0.5) is 13.2 Å². The summed E-state index contributed by atoms with van der Waals surface area (Å²) in [6.45, 7) is 0.421. The number of benzene rings is 1. The van der Waals surface area contributed by atoms with E-state index in [-0.39, 0.29) is 40.8 Å². The summed E-state index contributed by atoms with van der Waals surface area (Å²) in [5.41, 5.74) is 6.63. The fourth-order valence-electron chi connectivity index (χ4n) is 3.64. The number of carbonyl (C=O) groups excluding carboxylic acids is 1. The maximum atomic E-state index is 13.4. The number of carbonyl (C=O) groups is 1. The van der Waals surface area contributed by atoms with Gasteiger partial charge in [0.05, 0.1) is 10.5 Å². The third-order valence-corrected chi connectivity index (χ3v) is 6.81. The molecule has 2 aliphatic rings. The van der Waals surface area contributed by atoms with Gasteiger partial charge in [-0.2, -0.15) is 13.2 Å². The first-order valence-electron chi connectivity index (χ1n) is 8.42. The van der Waals surface area contributed by atoms with Crippen molar-refractivity contribution in [2.75, 3.05) is 13.1 Å². The Morgan fingerprint density at radius 2 is 1.89 bits per heavy atom. The molecule has 1 aromatic carbocycles. The Balaban J connectivity index is 1.87. The van der Waals surface area contributed by atoms with Gasteiger partial charge in [0, 0.05) is 36.4 Å². The minimum absolute atomic E-state index is 0.0168. The molecule has 12 heteroatoms. The van der Waals surface area contributed by atoms with Gasteiger partial charge < -0.3 is 16.1 Å². The normalized spacial score (nSPS) is 24.3. The fraction of sp³-hybridized carbons (Fsp3) is 0.438. The van der Waals surface area contributed by atoms with E-state index >= 15 is 0 Å². The third kappa shape index (κ3) is 3.84. The van der Waals surface area contributed by atoms with Crippen LogP contribution < -0.4 is 17.0 Å². The lowest BCUT2D eigenvalue weighted by molar-refractivity contribution is -0.139. The fourth-order valence-corrected chi connectivity index (χ4v) is 5.59. The number of hydrogen-bond donors (Lipinski definition) is 3. The number of hydrazine groups is 1. The van der Waals surface area contributed by atoms with Gasteiger partial charge in [-0.15, -0.1) is 0 Å². The van der Waals surface area contributed by atoms with E-state index < -0.39 is 28.6 Å². The summed E-state index contributed by atoms with van der Waals surface area (Å²) >= 11 is 5.86. The van der Waals surface area contributed by atoms with Gasteiger partial charge in [-0.25, -0.2) is 8.51 Å². The molecule has 154 valence electrons. The van der Waals surface area contributed by atoms with Crippen molar-refractivity contribution in [3.05, 3.63) is 40.7 Å². The largest absolute Gasteiger partial charge is 0.417 e. The number of halogens is 4. The van der Waals surface area contributed by atoms with Crippen molar-refractivity contribution in [3.63, 3.8) is 0 Å². The van der Waals surface area contributed by atoms with Crippen molar-refractivity contribution in [2.45, 2.75) is 36.0 Å². The SMILES string of the molecule is N/C=C(\NN)C(=O)N1CC2CCC(C1)N2S(=O)c1cc(Cl)ccc1C(F)(F)F. The zero-order valence-corrected chi connectivity index (χ0v) is 16.2. The molecule has 0 spiro atoms. The number of nitrogens with zero attached hydrogens (tertiary/aromatic N) is 2. The number of amides is 1. The highest BCUT2D eigenvalue weighted by Gasteiger charge is 2.46. The van der Waals surface area contributed by atoms with Crippen LogP contribution in [-0.2, 0) is 22.0 Å². The number of likely N-dealkylation sites (tertiary alicyclic amines) is 1. The molecule has 2 bridgehead atoms. The van der Waals surface area contributed by atoms with Crippen molar-refractivity contribution < 1.29 is 22.2 Å². The Bertz CT molecular complexity index is 821. The summed E-state index contributed by atoms with van der Waals surface area (Å²) in [6.07, 6.45) is -2.38. The molecule has 0 radical (unpaired) electrons. The standard InChI is InChI=1S/C16H19ClF3N5O2S/c17-9-1-4-12(16(18,19)20)14(5-9)28(27)25-10-2-3-11(25)8-24(7-10)15(26)13(6-21)23-22/h1,4-6,10-11,23H,2-3,7-8,21-22H2/b13-6-. The topological polar surface area (TPSA) is 105 Å². The zero-order valence-electron chi connectivity index (χ0n) is 14.6. The molecule has 0 aliphatic carbocycles. The smallest absolute Gasteiger partial charge is 0.403 e. The summed E-state index contributed by atoms with van der Waals surface area (Å²) in [5.74, 6) is 4.86. The van der Waals surface area contributed by atoms with Gasteiger partial charge in [0.1, 0.15) is 16.7 Å². The van der Waals surface area contributed by atoms with E-state index in [9.17, 15) is 22.2 Å². The molecular formula is C16H19ClF3N5O2S. The monoisotopic (exact) mass is 437 g/mol. The van der Waals surface area contributed by atoms with Gasteiger partial charge in [-0.3, -0.25) is 10.6 Å². The Morgan fingerprint density at radius 3 is 2.39 bits per heavy atom. The van der Waals surface area contributed by atoms with Gasteiger partial charge in [-0.05, 0) is 31.0 Å². The molecule has 1 aromatic rings. The van der Waals surface area contributed by atoms with Crippen molar-refractivity contribution >= 4 is 28.5 Å². The third-order valence-electron chi connectivity index (χ3n) is 4.88. The molecule has 2 saturated heterocycles. The first kappa shape index (κ1) is 20.9. The molecule has 5 N–H and O–H groups in total. The molecule has 2 aliphatic heterocycles. The molecule has 1 amide bonds. The van der Waals surface area contributed by atoms with Crippen LogP contribution >= 0.6 is 11.6 Å². The van der Waals surface area contributed by atoms with Crippen LogP contribution in [0.3, 0.4) is 0 Å². The zero-order chi connectivity index (χ0) is 20.6. The van der Waals surface area contributed by atoms with E-state index in [1.54, 1.807) is 4.31 Å². The number of alkyl halides is 3. The van der Waals surface area contributed by atoms with Crippen LogP contribution in [0, 0.1) is 0 Å². The maximum absolute atomic E-state index is 13.4. The quantitative estimate of drug-likeness (QED) is 0.374. The number of hydrogen-bond acceptors (Lipinski definition) is 5. The highest BCUT2D eigenvalue weighted by molar-refractivity contribution is 7.82. The lowest BCUT2D eigenvalue weighted by Crippen LogP contribution is -2.56. The Labute approximate surface area is 167 Å². The summed E-state index contributed by atoms with van der Waals surface area (Å²) < 4.78 is 54.8. The van der Waals surface area contributed by atoms with Gasteiger partial charge >= 0.3 is 6.18 Å². The van der Waals surface area contributed by atoms with Gasteiger partial charge in [-0.1, -0.05) is 11.6 Å². The molecule has 3 rings (SSSR count). The molecule has 2 heterocycles. The first-order valence-corrected chi connectivity index (χ1v) is 9.90. The van der Waals surface area contributed by atoms with Crippen LogP contribution in [0.1, 0.15) is 18.4 Å². The van der Waals surface area contributed by atoms with Gasteiger partial charge in [0.15, 0.2) is 0 Å². The summed E-state index contributed by atoms with van der Waals surface area (Å²) in [5, 5.41) is 0.0734. The summed E-state index contributed by atoms with van der Waals surface area (Å²) in [7, 11) is -2.07. The lowest BCUT2D eigenvalue weighted by atomic mass is 10.2. The molecule has 0 saturated carbocycles. The van der Waals surface area contributed by atoms with Gasteiger partial charge in [0.25, 0.3) is 5.91 Å². The molecule has 3 atom stereocenters. The lowest BCUT2D eigenvalue weighted by Gasteiger charge is -2.40. The first-order chi connectivity index (χ1) is 13.2. The second-order valence-corrected chi connectivity index (χ2v) is 8.36. The number of nitrogens with one attached hydrogen (secondary N) is 1. The minimum atomic E-state index is -4.65. The second kappa shape index (κ2) is 7.90. The van der Waals surface area contributed by atoms with E-state index in [1.807, 2.05) is 0 Å². The second-order valence-electron chi connectivity index (χ2n) is 6.57. The van der Waals surface area contributed by atoms with E-state index in [0.717, 1.165) is 24.4 Å². The minimum Gasteiger partial charge on any atom is -0.403 e. The Hall–Kier alpha value is -1.82. The van der Waals surface area contributed by atoms with Gasteiger partial charge in [0.2, 0.25) is 0 Å². The van der Waals surface area contributed by atoms with Crippen LogP contribution in [0.15, 0.2) is 35.0 Å². The predicted molar refractivity (Wildman–Crippen MR) is 97.7 cm³/mol. The molecule has 7 nitrogen and oxygen atoms in total. The molecule has 3 unspecified atom stereocenters. The van der Waals surface area contributed by atoms with E-state index in [0.29, 0.717) is 12.8 Å². The van der Waals surface area contributed by atoms with Crippen LogP contribution in [0.5, 0.6) is 0 Å². The van der Waals surface area contributed by atoms with E-state index in [4.69, 9.17) is 23.2 Å². The number of piperazine rings is 1. The highest BCUT2D eigenvalue weighted by atomic mass is 35.5. The number of nitrogens with two attached hydrogens (primary N) is 2. The van der Waals surface area contributed by atoms with Crippen LogP contribution in [-0.4, -0.2) is 44.5 Å². The van der Waals surface area contributed by atoms with E-state index in [2.05, 4.69) is 5.43 Å². The van der Waals surface area contributed by atoms with Crippen molar-refractivity contribution in [1.29, 1.82) is 0 Å². The molecule has 2 fully saturated rings. The van der Waals surface area contributed by atoms with Crippen molar-refractivity contribution in [2.24, 2.45) is 11.6 Å². The molecule has 0 aromatic heterocycles. The average Bonchev–Trinajstić information content (AvgIpc) is 2.90. The highest BCUT2D eigenvalue weighted by Crippen LogP contribution is 2.39. The maximum Gasteiger partial charge on any atom is 0.417 e. The van der Waals surface area contributed by atoms with Crippen LogP contribution in [0.25, 0.3) is 0 Å². The van der Waals surface area contributed by atoms with Crippen LogP contribution in [0.2, 0.25) is 5.02 Å². The number of rotatable bonds is 4. The van der Waals surface area contributed by atoms with Crippen molar-refractivity contribution in [1.82, 2.24) is 14.6 Å². The molecule has 28 heavy (non-hydrogen) atoms. The predicted octanol–water partition coefficient (Wildman–Crippen LogP) is 1.32. The number of fused-ring (bicyclic) bond motifs is 2. The summed E-state index contributed by atoms with van der Waals surface area (Å²) in [6, 6.07) is 2.35. The summed E-state index contributed by atoms with van der Waals surface area (Å²) in [4.78, 5) is 13.6. The average molecular weight is 438 g/mol. The Morgan fingerprint density at radius 1 is 1.29 bits per heavy atom.